The molecule has 5 nitrogen and oxygen atoms in total. The molecule has 28 heavy (non-hydrogen) atoms. The monoisotopic (exact) mass is 402 g/mol. The molecule has 0 saturated heterocycles. The van der Waals surface area contributed by atoms with Crippen molar-refractivity contribution in [3.63, 3.8) is 0 Å². The first-order valence-corrected chi connectivity index (χ1v) is 9.21. The number of ether oxygens (including phenoxy) is 1. The third-order valence-electron chi connectivity index (χ3n) is 3.97. The maximum Gasteiger partial charge on any atom is 0.339 e. The standard InChI is InChI=1S/C20H16F2N2O3S/c1-11-5-3-4-6-14(11)19(26)27-12(2)18(25)24-20-23-17(10-28-20)13-7-8-15(21)16(22)9-13/h3-10,12H,1-2H3,(H,23,24,25)/t12-/m1/s1. The molecule has 0 aliphatic rings. The van der Waals surface area contributed by atoms with Gasteiger partial charge >= 0.3 is 5.97 Å². The summed E-state index contributed by atoms with van der Waals surface area (Å²) in [5, 5.41) is 4.41. The zero-order valence-electron chi connectivity index (χ0n) is 15.0. The van der Waals surface area contributed by atoms with Crippen LogP contribution in [0.1, 0.15) is 22.8 Å². The number of aromatic nitrogens is 1. The molecular formula is C20H16F2N2O3S. The molecule has 0 bridgehead atoms. The van der Waals surface area contributed by atoms with Crippen LogP contribution in [0, 0.1) is 18.6 Å². The predicted molar refractivity (Wildman–Crippen MR) is 102 cm³/mol. The molecular weight excluding hydrogens is 386 g/mol. The lowest BCUT2D eigenvalue weighted by Gasteiger charge is -2.13. The minimum Gasteiger partial charge on any atom is -0.449 e. The van der Waals surface area contributed by atoms with Gasteiger partial charge in [-0.25, -0.2) is 18.6 Å². The second-order valence-corrected chi connectivity index (χ2v) is 6.88. The van der Waals surface area contributed by atoms with Crippen molar-refractivity contribution < 1.29 is 23.1 Å². The number of anilines is 1. The number of amides is 1. The fourth-order valence-corrected chi connectivity index (χ4v) is 3.13. The van der Waals surface area contributed by atoms with Gasteiger partial charge in [-0.2, -0.15) is 0 Å². The van der Waals surface area contributed by atoms with Crippen LogP contribution in [0.3, 0.4) is 0 Å². The first-order chi connectivity index (χ1) is 13.3. The molecule has 1 N–H and O–H groups in total. The van der Waals surface area contributed by atoms with E-state index in [1.54, 1.807) is 36.6 Å². The normalized spacial score (nSPS) is 11.7. The zero-order valence-corrected chi connectivity index (χ0v) is 15.8. The summed E-state index contributed by atoms with van der Waals surface area (Å²) >= 11 is 1.12. The lowest BCUT2D eigenvalue weighted by molar-refractivity contribution is -0.123. The third kappa shape index (κ3) is 4.40. The van der Waals surface area contributed by atoms with Crippen LogP contribution in [-0.4, -0.2) is 23.0 Å². The van der Waals surface area contributed by atoms with E-state index in [1.807, 2.05) is 0 Å². The summed E-state index contributed by atoms with van der Waals surface area (Å²) in [6.07, 6.45) is -1.04. The van der Waals surface area contributed by atoms with Crippen LogP contribution in [0.15, 0.2) is 47.8 Å². The Morgan fingerprint density at radius 2 is 1.89 bits per heavy atom. The van der Waals surface area contributed by atoms with Crippen LogP contribution in [0.5, 0.6) is 0 Å². The molecule has 3 aromatic rings. The molecule has 0 spiro atoms. The molecule has 1 atom stereocenters. The zero-order chi connectivity index (χ0) is 20.3. The Bertz CT molecular complexity index is 1040. The van der Waals surface area contributed by atoms with Crippen LogP contribution in [0.2, 0.25) is 0 Å². The maximum atomic E-state index is 13.4. The fraction of sp³-hybridized carbons (Fsp3) is 0.150. The Labute approximate surface area is 164 Å². The van der Waals surface area contributed by atoms with Gasteiger partial charge in [0.2, 0.25) is 0 Å². The second kappa shape index (κ2) is 8.26. The molecule has 0 aliphatic heterocycles. The number of hydrogen-bond acceptors (Lipinski definition) is 5. The van der Waals surface area contributed by atoms with Crippen molar-refractivity contribution in [2.24, 2.45) is 0 Å². The molecule has 1 amide bonds. The molecule has 8 heteroatoms. The minimum atomic E-state index is -1.04. The molecule has 3 rings (SSSR count). The van der Waals surface area contributed by atoms with Gasteiger partial charge in [0.25, 0.3) is 5.91 Å². The van der Waals surface area contributed by atoms with Crippen LogP contribution >= 0.6 is 11.3 Å². The van der Waals surface area contributed by atoms with Gasteiger partial charge in [-0.15, -0.1) is 11.3 Å². The minimum absolute atomic E-state index is 0.253. The van der Waals surface area contributed by atoms with Crippen molar-refractivity contribution in [1.82, 2.24) is 4.98 Å². The van der Waals surface area contributed by atoms with E-state index in [2.05, 4.69) is 10.3 Å². The van der Waals surface area contributed by atoms with E-state index in [4.69, 9.17) is 4.74 Å². The Morgan fingerprint density at radius 3 is 2.61 bits per heavy atom. The van der Waals surface area contributed by atoms with E-state index in [0.717, 1.165) is 29.0 Å². The first-order valence-electron chi connectivity index (χ1n) is 8.33. The number of benzene rings is 2. The van der Waals surface area contributed by atoms with Crippen LogP contribution < -0.4 is 5.32 Å². The number of carbonyl (C=O) groups excluding carboxylic acids is 2. The van der Waals surface area contributed by atoms with Crippen molar-refractivity contribution >= 4 is 28.3 Å². The SMILES string of the molecule is Cc1ccccc1C(=O)O[C@H](C)C(=O)Nc1nc(-c2ccc(F)c(F)c2)cs1. The summed E-state index contributed by atoms with van der Waals surface area (Å²) in [6.45, 7) is 3.23. The third-order valence-corrected chi connectivity index (χ3v) is 4.73. The highest BCUT2D eigenvalue weighted by Crippen LogP contribution is 2.26. The van der Waals surface area contributed by atoms with Gasteiger partial charge in [0, 0.05) is 10.9 Å². The Morgan fingerprint density at radius 1 is 1.14 bits per heavy atom. The summed E-state index contributed by atoms with van der Waals surface area (Å²) in [7, 11) is 0. The Balaban J connectivity index is 1.64. The highest BCUT2D eigenvalue weighted by atomic mass is 32.1. The van der Waals surface area contributed by atoms with E-state index in [0.29, 0.717) is 16.8 Å². The largest absolute Gasteiger partial charge is 0.449 e. The molecule has 0 radical (unpaired) electrons. The van der Waals surface area contributed by atoms with Crippen LogP contribution in [0.4, 0.5) is 13.9 Å². The number of nitrogens with one attached hydrogen (secondary N) is 1. The van der Waals surface area contributed by atoms with Crippen molar-refractivity contribution in [2.45, 2.75) is 20.0 Å². The quantitative estimate of drug-likeness (QED) is 0.635. The molecule has 144 valence electrons. The van der Waals surface area contributed by atoms with Crippen LogP contribution in [0.25, 0.3) is 11.3 Å². The molecule has 1 heterocycles. The summed E-state index contributed by atoms with van der Waals surface area (Å²) in [4.78, 5) is 28.7. The number of nitrogens with zero attached hydrogens (tertiary/aromatic N) is 1. The van der Waals surface area contributed by atoms with E-state index in [1.165, 1.54) is 13.0 Å². The van der Waals surface area contributed by atoms with Gasteiger partial charge in [0.05, 0.1) is 11.3 Å². The average Bonchev–Trinajstić information content (AvgIpc) is 3.12. The molecule has 0 saturated carbocycles. The average molecular weight is 402 g/mol. The van der Waals surface area contributed by atoms with Gasteiger partial charge < -0.3 is 4.74 Å². The number of rotatable bonds is 5. The highest BCUT2D eigenvalue weighted by molar-refractivity contribution is 7.14. The number of esters is 1. The predicted octanol–water partition coefficient (Wildman–Crippen LogP) is 4.58. The summed E-state index contributed by atoms with van der Waals surface area (Å²) in [5.41, 5.74) is 1.91. The van der Waals surface area contributed by atoms with E-state index in [-0.39, 0.29) is 5.13 Å². The van der Waals surface area contributed by atoms with Gasteiger partial charge in [-0.05, 0) is 43.7 Å². The van der Waals surface area contributed by atoms with Gasteiger partial charge in [-0.3, -0.25) is 10.1 Å². The summed E-state index contributed by atoms with van der Waals surface area (Å²) in [5.74, 6) is -3.07. The van der Waals surface area contributed by atoms with Gasteiger partial charge in [0.15, 0.2) is 22.9 Å². The number of halogens is 2. The van der Waals surface area contributed by atoms with Gasteiger partial charge in [-0.1, -0.05) is 18.2 Å². The summed E-state index contributed by atoms with van der Waals surface area (Å²) in [6, 6.07) is 10.3. The Kier molecular flexibility index (Phi) is 5.79. The van der Waals surface area contributed by atoms with Crippen molar-refractivity contribution in [3.8, 4) is 11.3 Å². The molecule has 1 aromatic heterocycles. The number of hydrogen-bond donors (Lipinski definition) is 1. The molecule has 0 aliphatic carbocycles. The molecule has 0 unspecified atom stereocenters. The van der Waals surface area contributed by atoms with Crippen LogP contribution in [-0.2, 0) is 9.53 Å². The highest BCUT2D eigenvalue weighted by Gasteiger charge is 2.21. The van der Waals surface area contributed by atoms with E-state index in [9.17, 15) is 18.4 Å². The Hall–Kier alpha value is -3.13. The fourth-order valence-electron chi connectivity index (χ4n) is 2.41. The van der Waals surface area contributed by atoms with Gasteiger partial charge in [0.1, 0.15) is 0 Å². The van der Waals surface area contributed by atoms with E-state index >= 15 is 0 Å². The van der Waals surface area contributed by atoms with Crippen molar-refractivity contribution in [3.05, 3.63) is 70.6 Å². The number of aryl methyl sites for hydroxylation is 1. The molecule has 0 fully saturated rings. The topological polar surface area (TPSA) is 68.3 Å². The number of thiazole rings is 1. The maximum absolute atomic E-state index is 13.4. The smallest absolute Gasteiger partial charge is 0.339 e. The number of carbonyl (C=O) groups is 2. The van der Waals surface area contributed by atoms with Crippen molar-refractivity contribution in [1.29, 1.82) is 0 Å². The lowest BCUT2D eigenvalue weighted by Crippen LogP contribution is -2.30. The van der Waals surface area contributed by atoms with E-state index < -0.39 is 29.6 Å². The van der Waals surface area contributed by atoms with Crippen molar-refractivity contribution in [2.75, 3.05) is 5.32 Å². The molecule has 2 aromatic carbocycles. The summed E-state index contributed by atoms with van der Waals surface area (Å²) < 4.78 is 31.6. The second-order valence-electron chi connectivity index (χ2n) is 6.02. The first kappa shape index (κ1) is 19.6. The lowest BCUT2D eigenvalue weighted by atomic mass is 10.1.